The van der Waals surface area contributed by atoms with Crippen LogP contribution in [0.2, 0.25) is 0 Å². The molecular formula is C59H113NO5. The van der Waals surface area contributed by atoms with E-state index in [0.717, 1.165) is 51.4 Å². The monoisotopic (exact) mass is 916 g/mol. The Morgan fingerprint density at radius 3 is 0.969 bits per heavy atom. The van der Waals surface area contributed by atoms with Crippen LogP contribution < -0.4 is 5.32 Å². The number of nitrogens with one attached hydrogen (secondary N) is 1. The number of carbonyl (C=O) groups excluding carboxylic acids is 1. The van der Waals surface area contributed by atoms with E-state index in [4.69, 9.17) is 0 Å². The van der Waals surface area contributed by atoms with E-state index in [0.29, 0.717) is 19.3 Å². The maximum atomic E-state index is 12.6. The van der Waals surface area contributed by atoms with Crippen LogP contribution in [0, 0.1) is 0 Å². The van der Waals surface area contributed by atoms with Crippen molar-refractivity contribution in [3.8, 4) is 0 Å². The molecule has 65 heavy (non-hydrogen) atoms. The first-order valence-corrected chi connectivity index (χ1v) is 28.9. The molecule has 0 aromatic carbocycles. The van der Waals surface area contributed by atoms with Gasteiger partial charge in [-0.1, -0.05) is 262 Å². The second kappa shape index (κ2) is 53.5. The van der Waals surface area contributed by atoms with Crippen molar-refractivity contribution in [1.82, 2.24) is 5.32 Å². The van der Waals surface area contributed by atoms with Gasteiger partial charge in [-0.25, -0.2) is 0 Å². The summed E-state index contributed by atoms with van der Waals surface area (Å²) in [5, 5.41) is 43.9. The number of rotatable bonds is 53. The summed E-state index contributed by atoms with van der Waals surface area (Å²) < 4.78 is 0. The summed E-state index contributed by atoms with van der Waals surface area (Å²) in [5.74, 6) is -0.604. The van der Waals surface area contributed by atoms with Crippen LogP contribution in [0.25, 0.3) is 0 Å². The zero-order valence-electron chi connectivity index (χ0n) is 43.5. The van der Waals surface area contributed by atoms with Crippen molar-refractivity contribution in [2.75, 3.05) is 6.61 Å². The highest BCUT2D eigenvalue weighted by molar-refractivity contribution is 5.80. The zero-order chi connectivity index (χ0) is 47.4. The fourth-order valence-corrected chi connectivity index (χ4v) is 9.01. The van der Waals surface area contributed by atoms with Gasteiger partial charge in [-0.2, -0.15) is 0 Å². The molecule has 0 radical (unpaired) electrons. The van der Waals surface area contributed by atoms with Gasteiger partial charge in [0.1, 0.15) is 12.2 Å². The maximum absolute atomic E-state index is 12.6. The van der Waals surface area contributed by atoms with E-state index < -0.39 is 36.9 Å². The fraction of sp³-hybridized carbons (Fsp3) is 0.881. The van der Waals surface area contributed by atoms with Gasteiger partial charge in [0.25, 0.3) is 0 Å². The Bertz CT molecular complexity index is 1030. The van der Waals surface area contributed by atoms with E-state index >= 15 is 0 Å². The fourth-order valence-electron chi connectivity index (χ4n) is 9.01. The molecule has 0 fully saturated rings. The molecule has 0 aliphatic rings. The minimum Gasteiger partial charge on any atom is -0.394 e. The van der Waals surface area contributed by atoms with Crippen LogP contribution in [0.1, 0.15) is 303 Å². The van der Waals surface area contributed by atoms with E-state index in [1.807, 2.05) is 0 Å². The minimum absolute atomic E-state index is 0.346. The normalized spacial score (nSPS) is 14.0. The molecule has 0 aliphatic carbocycles. The van der Waals surface area contributed by atoms with Crippen molar-refractivity contribution < 1.29 is 25.2 Å². The van der Waals surface area contributed by atoms with Crippen LogP contribution in [0.15, 0.2) is 36.5 Å². The predicted octanol–water partition coefficient (Wildman–Crippen LogP) is 16.8. The van der Waals surface area contributed by atoms with Gasteiger partial charge in [0.2, 0.25) is 5.91 Å². The van der Waals surface area contributed by atoms with E-state index in [9.17, 15) is 25.2 Å². The highest BCUT2D eigenvalue weighted by Crippen LogP contribution is 2.17. The number of hydrogen-bond donors (Lipinski definition) is 5. The number of allylic oxidation sites excluding steroid dienone is 6. The molecule has 1 amide bonds. The third-order valence-electron chi connectivity index (χ3n) is 13.6. The van der Waals surface area contributed by atoms with Crippen molar-refractivity contribution in [1.29, 1.82) is 0 Å². The number of aliphatic hydroxyl groups is 4. The third-order valence-corrected chi connectivity index (χ3v) is 13.6. The molecule has 0 spiro atoms. The molecule has 384 valence electrons. The van der Waals surface area contributed by atoms with Gasteiger partial charge >= 0.3 is 0 Å². The zero-order valence-corrected chi connectivity index (χ0v) is 43.5. The van der Waals surface area contributed by atoms with Crippen LogP contribution in [-0.4, -0.2) is 57.3 Å². The van der Waals surface area contributed by atoms with Crippen molar-refractivity contribution in [2.24, 2.45) is 0 Å². The summed E-state index contributed by atoms with van der Waals surface area (Å²) in [4.78, 5) is 12.6. The van der Waals surface area contributed by atoms with Crippen LogP contribution in [0.4, 0.5) is 0 Å². The predicted molar refractivity (Wildman–Crippen MR) is 284 cm³/mol. The number of hydrogen-bond acceptors (Lipinski definition) is 5. The molecule has 0 aromatic heterocycles. The first-order valence-electron chi connectivity index (χ1n) is 28.9. The summed E-state index contributed by atoms with van der Waals surface area (Å²) in [6.07, 6.45) is 66.6. The molecule has 0 saturated heterocycles. The van der Waals surface area contributed by atoms with Gasteiger partial charge in [0.15, 0.2) is 0 Å². The lowest BCUT2D eigenvalue weighted by atomic mass is 10.00. The molecule has 4 unspecified atom stereocenters. The lowest BCUT2D eigenvalue weighted by Crippen LogP contribution is -2.53. The van der Waals surface area contributed by atoms with E-state index in [2.05, 4.69) is 55.6 Å². The van der Waals surface area contributed by atoms with Gasteiger partial charge in [0, 0.05) is 0 Å². The summed E-state index contributed by atoms with van der Waals surface area (Å²) in [6, 6.07) is -1.01. The average Bonchev–Trinajstić information content (AvgIpc) is 3.31. The van der Waals surface area contributed by atoms with Crippen molar-refractivity contribution in [3.05, 3.63) is 36.5 Å². The van der Waals surface area contributed by atoms with Crippen molar-refractivity contribution in [2.45, 2.75) is 327 Å². The Labute approximate surface area is 405 Å². The van der Waals surface area contributed by atoms with Gasteiger partial charge in [-0.3, -0.25) is 4.79 Å². The van der Waals surface area contributed by atoms with E-state index in [1.165, 1.54) is 218 Å². The third kappa shape index (κ3) is 47.4. The Hall–Kier alpha value is -1.47. The topological polar surface area (TPSA) is 110 Å². The Morgan fingerprint density at radius 1 is 0.369 bits per heavy atom. The number of amides is 1. The largest absolute Gasteiger partial charge is 0.394 e. The molecule has 0 bridgehead atoms. The Balaban J connectivity index is 3.65. The van der Waals surface area contributed by atoms with E-state index in [-0.39, 0.29) is 0 Å². The number of unbranched alkanes of at least 4 members (excludes halogenated alkanes) is 38. The van der Waals surface area contributed by atoms with Crippen LogP contribution in [-0.2, 0) is 4.79 Å². The molecule has 6 heteroatoms. The van der Waals surface area contributed by atoms with Gasteiger partial charge < -0.3 is 25.7 Å². The molecule has 0 aliphatic heterocycles. The summed E-state index contributed by atoms with van der Waals surface area (Å²) in [6.45, 7) is 4.06. The summed E-state index contributed by atoms with van der Waals surface area (Å²) in [7, 11) is 0. The lowest BCUT2D eigenvalue weighted by Gasteiger charge is -2.27. The standard InChI is InChI=1S/C59H113NO5/c1-3-5-7-9-11-13-15-17-19-21-22-23-24-25-26-27-28-29-30-31-32-33-34-35-37-38-40-42-44-46-48-50-52-56(62)58(64)55(54-61)60-59(65)57(63)53-51-49-47-45-43-41-39-36-20-18-16-14-12-10-8-6-4-2/h37-39,41,44,46,55-58,61-64H,3-36,40,42-43,45,47-54H2,1-2H3,(H,60,65)/b38-37+,41-39-,46-44+. The smallest absolute Gasteiger partial charge is 0.249 e. The average molecular weight is 917 g/mol. The maximum Gasteiger partial charge on any atom is 0.249 e. The molecule has 0 heterocycles. The number of carbonyl (C=O) groups is 1. The Kier molecular flexibility index (Phi) is 52.3. The van der Waals surface area contributed by atoms with Crippen LogP contribution in [0.3, 0.4) is 0 Å². The molecule has 0 saturated carbocycles. The van der Waals surface area contributed by atoms with E-state index in [1.54, 1.807) is 0 Å². The van der Waals surface area contributed by atoms with Crippen molar-refractivity contribution in [3.63, 3.8) is 0 Å². The van der Waals surface area contributed by atoms with Crippen LogP contribution >= 0.6 is 0 Å². The highest BCUT2D eigenvalue weighted by Gasteiger charge is 2.28. The molecule has 4 atom stereocenters. The lowest BCUT2D eigenvalue weighted by molar-refractivity contribution is -0.132. The molecule has 0 aromatic rings. The van der Waals surface area contributed by atoms with Gasteiger partial charge in [0.05, 0.1) is 18.8 Å². The second-order valence-electron chi connectivity index (χ2n) is 20.0. The molecular weight excluding hydrogens is 803 g/mol. The van der Waals surface area contributed by atoms with Crippen LogP contribution in [0.5, 0.6) is 0 Å². The van der Waals surface area contributed by atoms with Gasteiger partial charge in [-0.15, -0.1) is 0 Å². The highest BCUT2D eigenvalue weighted by atomic mass is 16.3. The molecule has 0 rings (SSSR count). The van der Waals surface area contributed by atoms with Gasteiger partial charge in [-0.05, 0) is 77.0 Å². The van der Waals surface area contributed by atoms with Crippen molar-refractivity contribution >= 4 is 5.91 Å². The SMILES string of the molecule is CCCCCCCCCCC/C=C\CCCCCCC(O)C(=O)NC(CO)C(O)C(O)CCC/C=C/CC/C=C/CCCCCCCCCCCCCCCCCCCCCCCCC. The quantitative estimate of drug-likeness (QED) is 0.0308. The molecule has 5 N–H and O–H groups in total. The second-order valence-corrected chi connectivity index (χ2v) is 20.0. The molecule has 6 nitrogen and oxygen atoms in total. The summed E-state index contributed by atoms with van der Waals surface area (Å²) >= 11 is 0. The first kappa shape index (κ1) is 63.5. The summed E-state index contributed by atoms with van der Waals surface area (Å²) in [5.41, 5.74) is 0. The minimum atomic E-state index is -1.29. The Morgan fingerprint density at radius 2 is 0.646 bits per heavy atom. The first-order chi connectivity index (χ1) is 32.0. The number of aliphatic hydroxyl groups excluding tert-OH is 4.